The number of aromatic nitrogens is 2. The number of hydrogen-bond donors (Lipinski definition) is 0. The van der Waals surface area contributed by atoms with Gasteiger partial charge in [0.1, 0.15) is 11.6 Å². The standard InChI is InChI=1S/C14H7Br2Cl2FN2/c15-7-1-2-9(18)12(3-7)21-13-4-8(16)10(19)5-11(13)20-14(21)6-17/h1-5H,6H2. The Morgan fingerprint density at radius 1 is 1.19 bits per heavy atom. The summed E-state index contributed by atoms with van der Waals surface area (Å²) in [7, 11) is 0. The number of rotatable bonds is 2. The van der Waals surface area contributed by atoms with Gasteiger partial charge in [0.15, 0.2) is 0 Å². The number of hydrogen-bond acceptors (Lipinski definition) is 1. The summed E-state index contributed by atoms with van der Waals surface area (Å²) in [6.07, 6.45) is 0. The first kappa shape index (κ1) is 15.3. The highest BCUT2D eigenvalue weighted by Gasteiger charge is 2.16. The lowest BCUT2D eigenvalue weighted by molar-refractivity contribution is 0.623. The maximum atomic E-state index is 13.7. The van der Waals surface area contributed by atoms with Crippen LogP contribution in [0.5, 0.6) is 0 Å². The van der Waals surface area contributed by atoms with Gasteiger partial charge in [0.05, 0.1) is 32.1 Å². The molecular formula is C14H7Br2Cl2FN2. The van der Waals surface area contributed by atoms with E-state index < -0.39 is 0 Å². The number of alkyl halides is 1. The minimum atomic E-state index is -0.367. The van der Waals surface area contributed by atoms with Crippen LogP contribution in [-0.2, 0) is 5.88 Å². The molecule has 108 valence electrons. The molecule has 1 aromatic heterocycles. The van der Waals surface area contributed by atoms with Gasteiger partial charge in [0, 0.05) is 10.5 Å². The molecule has 0 saturated heterocycles. The van der Waals surface area contributed by atoms with Gasteiger partial charge in [-0.3, -0.25) is 4.57 Å². The van der Waals surface area contributed by atoms with Crippen LogP contribution in [0, 0.1) is 5.82 Å². The van der Waals surface area contributed by atoms with Gasteiger partial charge in [-0.25, -0.2) is 9.37 Å². The predicted molar refractivity (Wildman–Crippen MR) is 91.0 cm³/mol. The Labute approximate surface area is 147 Å². The Hall–Kier alpha value is -0.620. The highest BCUT2D eigenvalue weighted by atomic mass is 79.9. The SMILES string of the molecule is Fc1cc2nc(CCl)n(-c3cc(Br)ccc3Cl)c2cc1Br. The molecule has 7 heteroatoms. The van der Waals surface area contributed by atoms with Gasteiger partial charge in [-0.1, -0.05) is 27.5 Å². The molecule has 0 bridgehead atoms. The average molecular weight is 453 g/mol. The fourth-order valence-electron chi connectivity index (χ4n) is 2.14. The zero-order valence-electron chi connectivity index (χ0n) is 10.4. The lowest BCUT2D eigenvalue weighted by Gasteiger charge is -2.10. The van der Waals surface area contributed by atoms with Crippen LogP contribution in [0.3, 0.4) is 0 Å². The molecular weight excluding hydrogens is 446 g/mol. The number of benzene rings is 2. The molecule has 0 aliphatic rings. The molecule has 1 heterocycles. The number of fused-ring (bicyclic) bond motifs is 1. The lowest BCUT2D eigenvalue weighted by atomic mass is 10.2. The van der Waals surface area contributed by atoms with Crippen molar-refractivity contribution in [3.8, 4) is 5.69 Å². The van der Waals surface area contributed by atoms with Crippen LogP contribution in [0.1, 0.15) is 5.82 Å². The Balaban J connectivity index is 2.40. The monoisotopic (exact) mass is 450 g/mol. The minimum Gasteiger partial charge on any atom is -0.294 e. The molecule has 0 atom stereocenters. The van der Waals surface area contributed by atoms with Crippen molar-refractivity contribution in [1.29, 1.82) is 0 Å². The van der Waals surface area contributed by atoms with E-state index in [1.54, 1.807) is 12.1 Å². The Kier molecular flexibility index (Phi) is 4.28. The van der Waals surface area contributed by atoms with Crippen molar-refractivity contribution in [3.63, 3.8) is 0 Å². The van der Waals surface area contributed by atoms with Crippen molar-refractivity contribution < 1.29 is 4.39 Å². The molecule has 0 N–H and O–H groups in total. The summed E-state index contributed by atoms with van der Waals surface area (Å²) in [6.45, 7) is 0. The average Bonchev–Trinajstić information content (AvgIpc) is 2.79. The van der Waals surface area contributed by atoms with Crippen molar-refractivity contribution in [2.24, 2.45) is 0 Å². The van der Waals surface area contributed by atoms with Crippen LogP contribution in [0.2, 0.25) is 5.02 Å². The van der Waals surface area contributed by atoms with Crippen LogP contribution >= 0.6 is 55.1 Å². The summed E-state index contributed by atoms with van der Waals surface area (Å²) in [5.74, 6) is 0.425. The first-order valence-electron chi connectivity index (χ1n) is 5.89. The van der Waals surface area contributed by atoms with E-state index >= 15 is 0 Å². The first-order chi connectivity index (χ1) is 10.0. The van der Waals surface area contributed by atoms with Crippen molar-refractivity contribution in [2.75, 3.05) is 0 Å². The molecule has 3 rings (SSSR count). The fraction of sp³-hybridized carbons (Fsp3) is 0.0714. The first-order valence-corrected chi connectivity index (χ1v) is 8.39. The Morgan fingerprint density at radius 2 is 1.95 bits per heavy atom. The molecule has 21 heavy (non-hydrogen) atoms. The maximum Gasteiger partial charge on any atom is 0.139 e. The lowest BCUT2D eigenvalue weighted by Crippen LogP contribution is -2.00. The van der Waals surface area contributed by atoms with Crippen molar-refractivity contribution in [1.82, 2.24) is 9.55 Å². The molecule has 3 aromatic rings. The van der Waals surface area contributed by atoms with Gasteiger partial charge in [-0.15, -0.1) is 11.6 Å². The Morgan fingerprint density at radius 3 is 2.67 bits per heavy atom. The largest absolute Gasteiger partial charge is 0.294 e. The van der Waals surface area contributed by atoms with E-state index in [-0.39, 0.29) is 11.7 Å². The third-order valence-corrected chi connectivity index (χ3v) is 4.69. The summed E-state index contributed by atoms with van der Waals surface area (Å²) < 4.78 is 16.8. The summed E-state index contributed by atoms with van der Waals surface area (Å²) in [5, 5.41) is 0.560. The molecule has 0 fully saturated rings. The van der Waals surface area contributed by atoms with Gasteiger partial charge in [-0.05, 0) is 40.2 Å². The Bertz CT molecular complexity index is 849. The van der Waals surface area contributed by atoms with Gasteiger partial charge >= 0.3 is 0 Å². The van der Waals surface area contributed by atoms with Gasteiger partial charge in [-0.2, -0.15) is 0 Å². The van der Waals surface area contributed by atoms with Crippen molar-refractivity contribution >= 4 is 66.1 Å². The second-order valence-electron chi connectivity index (χ2n) is 4.35. The topological polar surface area (TPSA) is 17.8 Å². The van der Waals surface area contributed by atoms with Gasteiger partial charge in [0.2, 0.25) is 0 Å². The molecule has 0 aliphatic carbocycles. The molecule has 0 aliphatic heterocycles. The second kappa shape index (κ2) is 5.88. The summed E-state index contributed by atoms with van der Waals surface area (Å²) >= 11 is 18.9. The van der Waals surface area contributed by atoms with E-state index in [1.165, 1.54) is 6.07 Å². The predicted octanol–water partition coefficient (Wildman–Crippen LogP) is 6.08. The van der Waals surface area contributed by atoms with Crippen LogP contribution in [0.15, 0.2) is 39.3 Å². The molecule has 0 radical (unpaired) electrons. The van der Waals surface area contributed by atoms with Crippen LogP contribution < -0.4 is 0 Å². The van der Waals surface area contributed by atoms with E-state index in [2.05, 4.69) is 36.8 Å². The van der Waals surface area contributed by atoms with E-state index in [0.29, 0.717) is 20.8 Å². The van der Waals surface area contributed by atoms with Crippen LogP contribution in [0.25, 0.3) is 16.7 Å². The minimum absolute atomic E-state index is 0.191. The van der Waals surface area contributed by atoms with E-state index in [4.69, 9.17) is 23.2 Å². The smallest absolute Gasteiger partial charge is 0.139 e. The molecule has 0 unspecified atom stereocenters. The van der Waals surface area contributed by atoms with Gasteiger partial charge < -0.3 is 0 Å². The van der Waals surface area contributed by atoms with Crippen molar-refractivity contribution in [3.05, 3.63) is 55.9 Å². The molecule has 0 spiro atoms. The normalized spacial score (nSPS) is 11.3. The summed E-state index contributed by atoms with van der Waals surface area (Å²) in [4.78, 5) is 4.38. The van der Waals surface area contributed by atoms with E-state index in [9.17, 15) is 4.39 Å². The maximum absolute atomic E-state index is 13.7. The third kappa shape index (κ3) is 2.72. The van der Waals surface area contributed by atoms with Crippen LogP contribution in [0.4, 0.5) is 4.39 Å². The third-order valence-electron chi connectivity index (χ3n) is 3.03. The van der Waals surface area contributed by atoms with Gasteiger partial charge in [0.25, 0.3) is 0 Å². The van der Waals surface area contributed by atoms with Crippen molar-refractivity contribution in [2.45, 2.75) is 5.88 Å². The summed E-state index contributed by atoms with van der Waals surface area (Å²) in [5.41, 5.74) is 2.00. The summed E-state index contributed by atoms with van der Waals surface area (Å²) in [6, 6.07) is 8.55. The van der Waals surface area contributed by atoms with Crippen LogP contribution in [-0.4, -0.2) is 9.55 Å². The molecule has 0 saturated carbocycles. The molecule has 2 aromatic carbocycles. The second-order valence-corrected chi connectivity index (χ2v) is 6.79. The zero-order chi connectivity index (χ0) is 15.1. The number of nitrogens with zero attached hydrogens (tertiary/aromatic N) is 2. The molecule has 2 nitrogen and oxygen atoms in total. The quantitative estimate of drug-likeness (QED) is 0.431. The fourth-order valence-corrected chi connectivity index (χ4v) is 3.20. The van der Waals surface area contributed by atoms with E-state index in [0.717, 1.165) is 15.7 Å². The number of imidazole rings is 1. The van der Waals surface area contributed by atoms with E-state index in [1.807, 2.05) is 16.7 Å². The number of halogens is 5. The molecule has 0 amide bonds. The zero-order valence-corrected chi connectivity index (χ0v) is 15.1. The highest BCUT2D eigenvalue weighted by molar-refractivity contribution is 9.10. The highest BCUT2D eigenvalue weighted by Crippen LogP contribution is 2.32.